The zero-order valence-corrected chi connectivity index (χ0v) is 14.0. The quantitative estimate of drug-likeness (QED) is 0.599. The van der Waals surface area contributed by atoms with E-state index in [0.29, 0.717) is 16.4 Å². The van der Waals surface area contributed by atoms with Crippen LogP contribution in [-0.2, 0) is 4.79 Å². The molecule has 0 atom stereocenters. The fourth-order valence-electron chi connectivity index (χ4n) is 1.76. The fourth-order valence-corrected chi connectivity index (χ4v) is 2.12. The van der Waals surface area contributed by atoms with Gasteiger partial charge >= 0.3 is 0 Å². The first kappa shape index (κ1) is 17.8. The number of nitriles is 1. The molecular weight excluding hydrogens is 352 g/mol. The van der Waals surface area contributed by atoms with Gasteiger partial charge in [-0.25, -0.2) is 4.39 Å². The molecule has 4 nitrogen and oxygen atoms in total. The molecule has 1 amide bonds. The minimum absolute atomic E-state index is 0.0642. The SMILES string of the molecule is Cc1ccc(NC(=O)/C(C#N)=C\Nc2ccc(F)c(Cl)c2)cc1Cl. The topological polar surface area (TPSA) is 64.9 Å². The lowest BCUT2D eigenvalue weighted by molar-refractivity contribution is -0.112. The molecule has 0 unspecified atom stereocenters. The maximum absolute atomic E-state index is 13.1. The predicted molar refractivity (Wildman–Crippen MR) is 93.5 cm³/mol. The molecule has 2 N–H and O–H groups in total. The molecule has 2 aromatic rings. The summed E-state index contributed by atoms with van der Waals surface area (Å²) in [6.45, 7) is 1.84. The van der Waals surface area contributed by atoms with Crippen molar-refractivity contribution in [2.75, 3.05) is 10.6 Å². The molecule has 0 heterocycles. The third kappa shape index (κ3) is 4.48. The van der Waals surface area contributed by atoms with Crippen LogP contribution in [0.5, 0.6) is 0 Å². The van der Waals surface area contributed by atoms with Crippen molar-refractivity contribution in [1.82, 2.24) is 0 Å². The highest BCUT2D eigenvalue weighted by Gasteiger charge is 2.10. The van der Waals surface area contributed by atoms with E-state index in [4.69, 9.17) is 28.5 Å². The van der Waals surface area contributed by atoms with Crippen molar-refractivity contribution in [3.63, 3.8) is 0 Å². The number of halogens is 3. The summed E-state index contributed by atoms with van der Waals surface area (Å²) in [4.78, 5) is 12.1. The van der Waals surface area contributed by atoms with E-state index >= 15 is 0 Å². The number of nitrogens with zero attached hydrogens (tertiary/aromatic N) is 1. The molecular formula is C17H12Cl2FN3O. The van der Waals surface area contributed by atoms with Gasteiger partial charge in [-0.1, -0.05) is 29.3 Å². The van der Waals surface area contributed by atoms with Gasteiger partial charge in [0.15, 0.2) is 0 Å². The Morgan fingerprint density at radius 3 is 2.46 bits per heavy atom. The van der Waals surface area contributed by atoms with Crippen LogP contribution in [0.2, 0.25) is 10.0 Å². The van der Waals surface area contributed by atoms with Gasteiger partial charge in [-0.05, 0) is 42.8 Å². The molecule has 0 aliphatic carbocycles. The monoisotopic (exact) mass is 363 g/mol. The van der Waals surface area contributed by atoms with Crippen LogP contribution in [0.4, 0.5) is 15.8 Å². The van der Waals surface area contributed by atoms with E-state index in [2.05, 4.69) is 10.6 Å². The Hall–Kier alpha value is -2.55. The second-order valence-corrected chi connectivity index (χ2v) is 5.68. The maximum atomic E-state index is 13.1. The number of amides is 1. The largest absolute Gasteiger partial charge is 0.360 e. The summed E-state index contributed by atoms with van der Waals surface area (Å²) in [5.41, 5.74) is 1.63. The van der Waals surface area contributed by atoms with Crippen molar-refractivity contribution in [2.24, 2.45) is 0 Å². The van der Waals surface area contributed by atoms with Crippen LogP contribution < -0.4 is 10.6 Å². The van der Waals surface area contributed by atoms with Crippen LogP contribution in [0.1, 0.15) is 5.56 Å². The standard InChI is InChI=1S/C17H12Cl2FN3O/c1-10-2-3-13(7-14(10)18)23-17(24)11(8-21)9-22-12-4-5-16(20)15(19)6-12/h2-7,9,22H,1H3,(H,23,24)/b11-9-. The Kier molecular flexibility index (Phi) is 5.80. The lowest BCUT2D eigenvalue weighted by Gasteiger charge is -2.07. The molecule has 122 valence electrons. The van der Waals surface area contributed by atoms with Gasteiger partial charge in [-0.2, -0.15) is 5.26 Å². The highest BCUT2D eigenvalue weighted by molar-refractivity contribution is 6.31. The lowest BCUT2D eigenvalue weighted by atomic mass is 10.2. The van der Waals surface area contributed by atoms with E-state index in [1.54, 1.807) is 24.3 Å². The second kappa shape index (κ2) is 7.82. The normalized spacial score (nSPS) is 10.9. The van der Waals surface area contributed by atoms with Crippen LogP contribution in [0, 0.1) is 24.1 Å². The molecule has 0 saturated carbocycles. The van der Waals surface area contributed by atoms with Crippen LogP contribution in [0.15, 0.2) is 48.2 Å². The van der Waals surface area contributed by atoms with E-state index < -0.39 is 11.7 Å². The van der Waals surface area contributed by atoms with Crippen molar-refractivity contribution >= 4 is 40.5 Å². The Bertz CT molecular complexity index is 859. The molecule has 0 aliphatic heterocycles. The van der Waals surface area contributed by atoms with Gasteiger partial charge in [-0.15, -0.1) is 0 Å². The van der Waals surface area contributed by atoms with Crippen LogP contribution in [0.3, 0.4) is 0 Å². The maximum Gasteiger partial charge on any atom is 0.267 e. The van der Waals surface area contributed by atoms with Gasteiger partial charge in [-0.3, -0.25) is 4.79 Å². The molecule has 0 bridgehead atoms. The smallest absolute Gasteiger partial charge is 0.267 e. The summed E-state index contributed by atoms with van der Waals surface area (Å²) in [7, 11) is 0. The van der Waals surface area contributed by atoms with E-state index in [1.165, 1.54) is 24.4 Å². The molecule has 0 saturated heterocycles. The Morgan fingerprint density at radius 2 is 1.83 bits per heavy atom. The van der Waals surface area contributed by atoms with Crippen molar-refractivity contribution in [1.29, 1.82) is 5.26 Å². The number of carbonyl (C=O) groups is 1. The average molecular weight is 364 g/mol. The second-order valence-electron chi connectivity index (χ2n) is 4.86. The highest BCUT2D eigenvalue weighted by Crippen LogP contribution is 2.21. The number of carbonyl (C=O) groups excluding carboxylic acids is 1. The Morgan fingerprint density at radius 1 is 1.17 bits per heavy atom. The first-order valence-electron chi connectivity index (χ1n) is 6.80. The van der Waals surface area contributed by atoms with E-state index in [1.807, 2.05) is 6.92 Å². The van der Waals surface area contributed by atoms with Crippen LogP contribution in [-0.4, -0.2) is 5.91 Å². The minimum atomic E-state index is -0.599. The van der Waals surface area contributed by atoms with Crippen LogP contribution >= 0.6 is 23.2 Å². The van der Waals surface area contributed by atoms with Gasteiger partial charge in [0.1, 0.15) is 17.5 Å². The first-order chi connectivity index (χ1) is 11.4. The average Bonchev–Trinajstić information content (AvgIpc) is 2.55. The van der Waals surface area contributed by atoms with E-state index in [9.17, 15) is 9.18 Å². The van der Waals surface area contributed by atoms with E-state index in [0.717, 1.165) is 5.56 Å². The number of anilines is 2. The summed E-state index contributed by atoms with van der Waals surface area (Å²) in [6.07, 6.45) is 1.22. The minimum Gasteiger partial charge on any atom is -0.360 e. The zero-order chi connectivity index (χ0) is 17.7. The summed E-state index contributed by atoms with van der Waals surface area (Å²) < 4.78 is 13.1. The Balaban J connectivity index is 2.11. The number of aryl methyl sites for hydroxylation is 1. The number of hydrogen-bond donors (Lipinski definition) is 2. The van der Waals surface area contributed by atoms with Crippen molar-refractivity contribution in [2.45, 2.75) is 6.92 Å². The molecule has 0 aliphatic rings. The highest BCUT2D eigenvalue weighted by atomic mass is 35.5. The molecule has 0 aromatic heterocycles. The van der Waals surface area contributed by atoms with Gasteiger partial charge in [0.2, 0.25) is 0 Å². The van der Waals surface area contributed by atoms with Gasteiger partial charge < -0.3 is 10.6 Å². The molecule has 24 heavy (non-hydrogen) atoms. The van der Waals surface area contributed by atoms with Gasteiger partial charge in [0.05, 0.1) is 5.02 Å². The molecule has 0 radical (unpaired) electrons. The Labute approximate surface area is 148 Å². The molecule has 0 spiro atoms. The third-order valence-corrected chi connectivity index (χ3v) is 3.79. The van der Waals surface area contributed by atoms with Crippen LogP contribution in [0.25, 0.3) is 0 Å². The van der Waals surface area contributed by atoms with Gasteiger partial charge in [0, 0.05) is 22.6 Å². The summed E-state index contributed by atoms with van der Waals surface area (Å²) >= 11 is 11.7. The number of benzene rings is 2. The van der Waals surface area contributed by atoms with Crippen molar-refractivity contribution < 1.29 is 9.18 Å². The summed E-state index contributed by atoms with van der Waals surface area (Å²) in [6, 6.07) is 10.8. The zero-order valence-electron chi connectivity index (χ0n) is 12.5. The molecule has 0 fully saturated rings. The van der Waals surface area contributed by atoms with Crippen molar-refractivity contribution in [3.05, 3.63) is 69.6 Å². The number of rotatable bonds is 4. The van der Waals surface area contributed by atoms with Gasteiger partial charge in [0.25, 0.3) is 5.91 Å². The molecule has 7 heteroatoms. The number of hydrogen-bond acceptors (Lipinski definition) is 3. The third-order valence-electron chi connectivity index (χ3n) is 3.10. The molecule has 2 rings (SSSR count). The van der Waals surface area contributed by atoms with Crippen molar-refractivity contribution in [3.8, 4) is 6.07 Å². The number of nitrogens with one attached hydrogen (secondary N) is 2. The predicted octanol–water partition coefficient (Wildman–Crippen LogP) is 4.90. The van der Waals surface area contributed by atoms with E-state index in [-0.39, 0.29) is 10.6 Å². The fraction of sp³-hybridized carbons (Fsp3) is 0.0588. The first-order valence-corrected chi connectivity index (χ1v) is 7.55. The summed E-state index contributed by atoms with van der Waals surface area (Å²) in [5, 5.41) is 14.9. The lowest BCUT2D eigenvalue weighted by Crippen LogP contribution is -2.14. The molecule has 2 aromatic carbocycles. The summed E-state index contributed by atoms with van der Waals surface area (Å²) in [5.74, 6) is -1.15.